The van der Waals surface area contributed by atoms with Gasteiger partial charge in [-0.15, -0.1) is 0 Å². The minimum Gasteiger partial charge on any atom is -0.506 e. The monoisotopic (exact) mass is 423 g/mol. The topological polar surface area (TPSA) is 66.4 Å². The van der Waals surface area contributed by atoms with Gasteiger partial charge in [0.05, 0.1) is 10.0 Å². The Labute approximate surface area is 144 Å². The maximum Gasteiger partial charge on any atom is 0.261 e. The Balaban J connectivity index is 2.09. The molecule has 112 valence electrons. The number of halogens is 2. The molecular formula is C16H11Br2NO3. The summed E-state index contributed by atoms with van der Waals surface area (Å²) in [4.78, 5) is 23.8. The number of aromatic hydroxyl groups is 1. The van der Waals surface area contributed by atoms with Gasteiger partial charge in [-0.2, -0.15) is 0 Å². The van der Waals surface area contributed by atoms with Crippen LogP contribution in [0.1, 0.15) is 15.9 Å². The minimum atomic E-state index is -0.679. The number of nitrogens with one attached hydrogen (secondary N) is 1. The molecule has 0 spiro atoms. The molecule has 0 radical (unpaired) electrons. The molecule has 0 saturated carbocycles. The van der Waals surface area contributed by atoms with Crippen molar-refractivity contribution in [2.24, 2.45) is 0 Å². The molecule has 22 heavy (non-hydrogen) atoms. The number of phenolic OH excluding ortho intramolecular Hbond substituents is 1. The van der Waals surface area contributed by atoms with Crippen LogP contribution < -0.4 is 5.32 Å². The first-order valence-corrected chi connectivity index (χ1v) is 7.82. The third-order valence-electron chi connectivity index (χ3n) is 2.74. The van der Waals surface area contributed by atoms with Crippen LogP contribution in [0.3, 0.4) is 0 Å². The summed E-state index contributed by atoms with van der Waals surface area (Å²) < 4.78 is 0.967. The first-order valence-electron chi connectivity index (χ1n) is 6.24. The van der Waals surface area contributed by atoms with Crippen molar-refractivity contribution in [1.82, 2.24) is 5.32 Å². The van der Waals surface area contributed by atoms with Crippen LogP contribution in [0.25, 0.3) is 6.08 Å². The predicted octanol–water partition coefficient (Wildman–Crippen LogP) is 3.89. The van der Waals surface area contributed by atoms with Gasteiger partial charge in [-0.1, -0.05) is 46.3 Å². The number of carbonyl (C=O) groups is 2. The second-order valence-electron chi connectivity index (χ2n) is 4.35. The van der Waals surface area contributed by atoms with Gasteiger partial charge in [0.1, 0.15) is 5.75 Å². The highest BCUT2D eigenvalue weighted by molar-refractivity contribution is 9.11. The van der Waals surface area contributed by atoms with Crippen molar-refractivity contribution < 1.29 is 14.7 Å². The molecule has 6 heteroatoms. The van der Waals surface area contributed by atoms with E-state index in [0.29, 0.717) is 8.95 Å². The van der Waals surface area contributed by atoms with Crippen LogP contribution in [0.4, 0.5) is 0 Å². The molecule has 2 rings (SSSR count). The molecule has 2 amide bonds. The van der Waals surface area contributed by atoms with E-state index in [2.05, 4.69) is 37.2 Å². The Hall–Kier alpha value is -1.92. The molecule has 0 unspecified atom stereocenters. The Kier molecular flexibility index (Phi) is 5.51. The first kappa shape index (κ1) is 16.5. The largest absolute Gasteiger partial charge is 0.506 e. The van der Waals surface area contributed by atoms with Gasteiger partial charge >= 0.3 is 0 Å². The molecule has 0 fully saturated rings. The average molecular weight is 425 g/mol. The Morgan fingerprint density at radius 1 is 1.09 bits per heavy atom. The fourth-order valence-electron chi connectivity index (χ4n) is 1.70. The summed E-state index contributed by atoms with van der Waals surface area (Å²) in [7, 11) is 0. The number of amides is 2. The van der Waals surface area contributed by atoms with Crippen molar-refractivity contribution in [3.05, 3.63) is 68.6 Å². The zero-order chi connectivity index (χ0) is 16.1. The number of hydrogen-bond donors (Lipinski definition) is 2. The first-order chi connectivity index (χ1) is 10.5. The number of hydrogen-bond acceptors (Lipinski definition) is 3. The summed E-state index contributed by atoms with van der Waals surface area (Å²) in [5.41, 5.74) is 0.848. The smallest absolute Gasteiger partial charge is 0.261 e. The van der Waals surface area contributed by atoms with Gasteiger partial charge in [0.2, 0.25) is 0 Å². The second-order valence-corrected chi connectivity index (χ2v) is 6.12. The lowest BCUT2D eigenvalue weighted by Crippen LogP contribution is -2.28. The zero-order valence-electron chi connectivity index (χ0n) is 11.2. The lowest BCUT2D eigenvalue weighted by molar-refractivity contribution is -0.115. The lowest BCUT2D eigenvalue weighted by atomic mass is 10.2. The number of benzene rings is 2. The third-order valence-corrected chi connectivity index (χ3v) is 3.80. The molecule has 0 saturated heterocycles. The van der Waals surface area contributed by atoms with Crippen LogP contribution >= 0.6 is 31.9 Å². The van der Waals surface area contributed by atoms with Crippen LogP contribution in [0.5, 0.6) is 5.75 Å². The lowest BCUT2D eigenvalue weighted by Gasteiger charge is -2.06. The molecule has 2 N–H and O–H groups in total. The molecule has 0 aliphatic rings. The van der Waals surface area contributed by atoms with E-state index in [1.54, 1.807) is 12.1 Å². The number of rotatable bonds is 3. The fraction of sp³-hybridized carbons (Fsp3) is 0. The molecule has 4 nitrogen and oxygen atoms in total. The maximum absolute atomic E-state index is 12.0. The van der Waals surface area contributed by atoms with Gasteiger partial charge in [0.15, 0.2) is 0 Å². The van der Waals surface area contributed by atoms with Crippen LogP contribution in [-0.2, 0) is 4.79 Å². The number of phenols is 1. The van der Waals surface area contributed by atoms with E-state index in [4.69, 9.17) is 0 Å². The summed E-state index contributed by atoms with van der Waals surface area (Å²) in [6.45, 7) is 0. The maximum atomic E-state index is 12.0. The minimum absolute atomic E-state index is 0.00251. The molecule has 2 aromatic rings. The van der Waals surface area contributed by atoms with Gasteiger partial charge < -0.3 is 5.11 Å². The quantitative estimate of drug-likeness (QED) is 0.734. The van der Waals surface area contributed by atoms with Crippen molar-refractivity contribution in [1.29, 1.82) is 0 Å². The Morgan fingerprint density at radius 2 is 1.77 bits per heavy atom. The molecule has 0 heterocycles. The molecule has 0 aromatic heterocycles. The molecular weight excluding hydrogens is 414 g/mol. The summed E-state index contributed by atoms with van der Waals surface area (Å²) in [6.07, 6.45) is 2.86. The SMILES string of the molecule is O=C(C=Cc1ccccc1)NC(=O)c1cc(Br)cc(Br)c1O. The summed E-state index contributed by atoms with van der Waals surface area (Å²) in [5.74, 6) is -1.47. The van der Waals surface area contributed by atoms with E-state index in [-0.39, 0.29) is 11.3 Å². The standard InChI is InChI=1S/C16H11Br2NO3/c17-11-8-12(15(21)13(18)9-11)16(22)19-14(20)7-6-10-4-2-1-3-5-10/h1-9,21H,(H,19,20,22). The van der Waals surface area contributed by atoms with Gasteiger partial charge in [0.25, 0.3) is 11.8 Å². The van der Waals surface area contributed by atoms with E-state index in [1.807, 2.05) is 30.3 Å². The molecule has 0 bridgehead atoms. The van der Waals surface area contributed by atoms with E-state index in [9.17, 15) is 14.7 Å². The van der Waals surface area contributed by atoms with E-state index >= 15 is 0 Å². The van der Waals surface area contributed by atoms with Crippen molar-refractivity contribution >= 4 is 49.8 Å². The highest BCUT2D eigenvalue weighted by atomic mass is 79.9. The summed E-state index contributed by atoms with van der Waals surface area (Å²) >= 11 is 6.36. The Morgan fingerprint density at radius 3 is 2.45 bits per heavy atom. The van der Waals surface area contributed by atoms with Gasteiger partial charge in [-0.05, 0) is 39.7 Å². The van der Waals surface area contributed by atoms with Gasteiger partial charge in [-0.3, -0.25) is 14.9 Å². The Bertz CT molecular complexity index is 743. The van der Waals surface area contributed by atoms with Crippen LogP contribution in [0, 0.1) is 0 Å². The fourth-order valence-corrected chi connectivity index (χ4v) is 2.92. The number of carbonyl (C=O) groups excluding carboxylic acids is 2. The predicted molar refractivity (Wildman–Crippen MR) is 91.5 cm³/mol. The summed E-state index contributed by atoms with van der Waals surface area (Å²) in [5, 5.41) is 12.1. The highest BCUT2D eigenvalue weighted by Crippen LogP contribution is 2.31. The molecule has 0 atom stereocenters. The van der Waals surface area contributed by atoms with Crippen LogP contribution in [0.2, 0.25) is 0 Å². The van der Waals surface area contributed by atoms with Crippen LogP contribution in [-0.4, -0.2) is 16.9 Å². The third kappa shape index (κ3) is 4.29. The highest BCUT2D eigenvalue weighted by Gasteiger charge is 2.16. The molecule has 0 aliphatic carbocycles. The van der Waals surface area contributed by atoms with E-state index in [1.165, 1.54) is 12.1 Å². The molecule has 0 aliphatic heterocycles. The second kappa shape index (κ2) is 7.38. The number of imide groups is 1. The zero-order valence-corrected chi connectivity index (χ0v) is 14.4. The van der Waals surface area contributed by atoms with Crippen molar-refractivity contribution in [2.75, 3.05) is 0 Å². The van der Waals surface area contributed by atoms with Crippen molar-refractivity contribution in [3.63, 3.8) is 0 Å². The van der Waals surface area contributed by atoms with Crippen LogP contribution in [0.15, 0.2) is 57.5 Å². The van der Waals surface area contributed by atoms with E-state index in [0.717, 1.165) is 5.56 Å². The van der Waals surface area contributed by atoms with Gasteiger partial charge in [0, 0.05) is 10.5 Å². The van der Waals surface area contributed by atoms with E-state index < -0.39 is 11.8 Å². The van der Waals surface area contributed by atoms with Gasteiger partial charge in [-0.25, -0.2) is 0 Å². The average Bonchev–Trinajstić information content (AvgIpc) is 2.49. The summed E-state index contributed by atoms with van der Waals surface area (Å²) in [6, 6.07) is 12.3. The van der Waals surface area contributed by atoms with Crippen molar-refractivity contribution in [2.45, 2.75) is 0 Å². The normalized spacial score (nSPS) is 10.6. The van der Waals surface area contributed by atoms with Crippen molar-refractivity contribution in [3.8, 4) is 5.75 Å². The molecule has 2 aromatic carbocycles.